The maximum absolute atomic E-state index is 12.6. The summed E-state index contributed by atoms with van der Waals surface area (Å²) in [6.07, 6.45) is 0. The van der Waals surface area contributed by atoms with Crippen LogP contribution in [0.4, 0.5) is 16.2 Å². The molecule has 1 heterocycles. The first-order valence-corrected chi connectivity index (χ1v) is 9.80. The van der Waals surface area contributed by atoms with Crippen LogP contribution in [0.15, 0.2) is 88.7 Å². The molecule has 0 saturated carbocycles. The minimum Gasteiger partial charge on any atom is -0.336 e. The van der Waals surface area contributed by atoms with Crippen LogP contribution in [-0.4, -0.2) is 25.0 Å². The molecule has 0 bridgehead atoms. The summed E-state index contributed by atoms with van der Waals surface area (Å²) < 4.78 is 0. The van der Waals surface area contributed by atoms with Gasteiger partial charge < -0.3 is 10.6 Å². The quantitative estimate of drug-likeness (QED) is 0.669. The molecule has 2 N–H and O–H groups in total. The minimum atomic E-state index is -0.181. The summed E-state index contributed by atoms with van der Waals surface area (Å²) in [5, 5.41) is 5.70. The van der Waals surface area contributed by atoms with Gasteiger partial charge in [0, 0.05) is 39.8 Å². The Bertz CT molecular complexity index is 990. The lowest BCUT2D eigenvalue weighted by Gasteiger charge is -2.14. The molecule has 0 radical (unpaired) electrons. The van der Waals surface area contributed by atoms with Gasteiger partial charge in [-0.25, -0.2) is 4.79 Å². The van der Waals surface area contributed by atoms with Gasteiger partial charge >= 0.3 is 6.03 Å². The first kappa shape index (κ1) is 18.1. The first-order chi connectivity index (χ1) is 13.7. The molecule has 0 atom stereocenters. The molecule has 0 aromatic heterocycles. The Morgan fingerprint density at radius 1 is 0.929 bits per heavy atom. The van der Waals surface area contributed by atoms with Crippen molar-refractivity contribution in [3.63, 3.8) is 0 Å². The smallest absolute Gasteiger partial charge is 0.321 e. The van der Waals surface area contributed by atoms with E-state index in [0.717, 1.165) is 21.2 Å². The Labute approximate surface area is 167 Å². The van der Waals surface area contributed by atoms with Crippen LogP contribution in [-0.2, 0) is 0 Å². The number of urea groups is 1. The number of rotatable bonds is 5. The van der Waals surface area contributed by atoms with Crippen molar-refractivity contribution in [3.8, 4) is 0 Å². The van der Waals surface area contributed by atoms with Gasteiger partial charge in [0.1, 0.15) is 0 Å². The van der Waals surface area contributed by atoms with Crippen molar-refractivity contribution < 1.29 is 9.59 Å². The largest absolute Gasteiger partial charge is 0.336 e. The molecule has 0 spiro atoms. The molecule has 140 valence electrons. The van der Waals surface area contributed by atoms with Crippen LogP contribution in [0.2, 0.25) is 0 Å². The first-order valence-electron chi connectivity index (χ1n) is 8.99. The van der Waals surface area contributed by atoms with Crippen molar-refractivity contribution in [2.45, 2.75) is 9.79 Å². The summed E-state index contributed by atoms with van der Waals surface area (Å²) in [6.45, 7) is 1.27. The summed E-state index contributed by atoms with van der Waals surface area (Å²) in [5.74, 6) is -0.181. The highest BCUT2D eigenvalue weighted by atomic mass is 32.2. The number of carbonyl (C=O) groups is 2. The maximum atomic E-state index is 12.6. The van der Waals surface area contributed by atoms with Crippen molar-refractivity contribution in [2.24, 2.45) is 0 Å². The summed E-state index contributed by atoms with van der Waals surface area (Å²) in [6, 6.07) is 24.8. The standard InChI is InChI=1S/C22H19N3O2S/c26-21(16-9-11-18(12-10-16)25-14-13-23-22(25)27)24-17-5-4-8-20(15-17)28-19-6-2-1-3-7-19/h1-12,15H,13-14H2,(H,23,27)(H,24,26). The van der Waals surface area contributed by atoms with Crippen molar-refractivity contribution in [2.75, 3.05) is 23.3 Å². The predicted octanol–water partition coefficient (Wildman–Crippen LogP) is 4.62. The van der Waals surface area contributed by atoms with Gasteiger partial charge in [0.15, 0.2) is 0 Å². The third-order valence-electron chi connectivity index (χ3n) is 4.37. The second-order valence-electron chi connectivity index (χ2n) is 6.33. The van der Waals surface area contributed by atoms with E-state index in [2.05, 4.69) is 22.8 Å². The molecule has 0 unspecified atom stereocenters. The van der Waals surface area contributed by atoms with Crippen molar-refractivity contribution in [1.29, 1.82) is 0 Å². The molecule has 3 amide bonds. The summed E-state index contributed by atoms with van der Waals surface area (Å²) in [4.78, 5) is 28.2. The SMILES string of the molecule is O=C(Nc1cccc(Sc2ccccc2)c1)c1ccc(N2CCNC2=O)cc1. The number of hydrogen-bond donors (Lipinski definition) is 2. The molecule has 5 nitrogen and oxygen atoms in total. The van der Waals surface area contributed by atoms with Crippen LogP contribution in [0.3, 0.4) is 0 Å². The second kappa shape index (κ2) is 8.19. The Hall–Kier alpha value is -3.25. The van der Waals surface area contributed by atoms with Crippen LogP contribution in [0.25, 0.3) is 0 Å². The monoisotopic (exact) mass is 389 g/mol. The predicted molar refractivity (Wildman–Crippen MR) is 112 cm³/mol. The zero-order chi connectivity index (χ0) is 19.3. The van der Waals surface area contributed by atoms with E-state index >= 15 is 0 Å². The second-order valence-corrected chi connectivity index (χ2v) is 7.47. The van der Waals surface area contributed by atoms with Crippen molar-refractivity contribution >= 4 is 35.1 Å². The van der Waals surface area contributed by atoms with Gasteiger partial charge in [-0.1, -0.05) is 36.0 Å². The lowest BCUT2D eigenvalue weighted by Crippen LogP contribution is -2.27. The van der Waals surface area contributed by atoms with Gasteiger partial charge in [0.05, 0.1) is 0 Å². The average molecular weight is 389 g/mol. The topological polar surface area (TPSA) is 61.4 Å². The molecule has 4 rings (SSSR count). The Morgan fingerprint density at radius 3 is 2.39 bits per heavy atom. The van der Waals surface area contributed by atoms with E-state index < -0.39 is 0 Å². The number of amides is 3. The molecule has 1 aliphatic rings. The zero-order valence-electron chi connectivity index (χ0n) is 15.1. The van der Waals surface area contributed by atoms with Crippen LogP contribution < -0.4 is 15.5 Å². The van der Waals surface area contributed by atoms with Crippen LogP contribution in [0.1, 0.15) is 10.4 Å². The molecule has 1 saturated heterocycles. The number of carbonyl (C=O) groups excluding carboxylic acids is 2. The van der Waals surface area contributed by atoms with E-state index in [1.54, 1.807) is 40.9 Å². The Morgan fingerprint density at radius 2 is 1.68 bits per heavy atom. The Kier molecular flexibility index (Phi) is 5.30. The summed E-state index contributed by atoms with van der Waals surface area (Å²) >= 11 is 1.65. The fourth-order valence-corrected chi connectivity index (χ4v) is 3.87. The fraction of sp³-hybridized carbons (Fsp3) is 0.0909. The number of nitrogens with zero attached hydrogens (tertiary/aromatic N) is 1. The Balaban J connectivity index is 1.43. The number of hydrogen-bond acceptors (Lipinski definition) is 3. The molecule has 3 aromatic rings. The molecule has 28 heavy (non-hydrogen) atoms. The maximum Gasteiger partial charge on any atom is 0.321 e. The lowest BCUT2D eigenvalue weighted by atomic mass is 10.1. The fourth-order valence-electron chi connectivity index (χ4n) is 2.98. The van der Waals surface area contributed by atoms with Crippen molar-refractivity contribution in [1.82, 2.24) is 5.32 Å². The molecule has 1 fully saturated rings. The number of nitrogens with one attached hydrogen (secondary N) is 2. The number of benzene rings is 3. The van der Waals surface area contributed by atoms with Gasteiger partial charge in [0.2, 0.25) is 0 Å². The third-order valence-corrected chi connectivity index (χ3v) is 5.37. The van der Waals surface area contributed by atoms with E-state index in [1.807, 2.05) is 42.5 Å². The van der Waals surface area contributed by atoms with E-state index in [1.165, 1.54) is 0 Å². The van der Waals surface area contributed by atoms with Gasteiger partial charge in [-0.15, -0.1) is 0 Å². The van der Waals surface area contributed by atoms with Crippen LogP contribution in [0, 0.1) is 0 Å². The minimum absolute atomic E-state index is 0.107. The molecular formula is C22H19N3O2S. The van der Waals surface area contributed by atoms with E-state index in [9.17, 15) is 9.59 Å². The van der Waals surface area contributed by atoms with Gasteiger partial charge in [-0.05, 0) is 54.6 Å². The lowest BCUT2D eigenvalue weighted by molar-refractivity contribution is 0.102. The summed E-state index contributed by atoms with van der Waals surface area (Å²) in [7, 11) is 0. The highest BCUT2D eigenvalue weighted by Gasteiger charge is 2.21. The van der Waals surface area contributed by atoms with Gasteiger partial charge in [-0.3, -0.25) is 9.69 Å². The summed E-state index contributed by atoms with van der Waals surface area (Å²) in [5.41, 5.74) is 2.08. The van der Waals surface area contributed by atoms with Gasteiger partial charge in [-0.2, -0.15) is 0 Å². The van der Waals surface area contributed by atoms with E-state index in [4.69, 9.17) is 0 Å². The molecular weight excluding hydrogens is 370 g/mol. The molecule has 1 aliphatic heterocycles. The average Bonchev–Trinajstić information content (AvgIpc) is 3.15. The van der Waals surface area contributed by atoms with Crippen LogP contribution in [0.5, 0.6) is 0 Å². The van der Waals surface area contributed by atoms with Gasteiger partial charge in [0.25, 0.3) is 5.91 Å². The number of anilines is 2. The molecule has 0 aliphatic carbocycles. The van der Waals surface area contributed by atoms with E-state index in [-0.39, 0.29) is 11.9 Å². The highest BCUT2D eigenvalue weighted by Crippen LogP contribution is 2.29. The van der Waals surface area contributed by atoms with Crippen LogP contribution >= 0.6 is 11.8 Å². The third kappa shape index (κ3) is 4.18. The normalized spacial score (nSPS) is 13.3. The van der Waals surface area contributed by atoms with E-state index in [0.29, 0.717) is 18.7 Å². The zero-order valence-corrected chi connectivity index (χ0v) is 15.9. The van der Waals surface area contributed by atoms with Crippen molar-refractivity contribution in [3.05, 3.63) is 84.4 Å². The highest BCUT2D eigenvalue weighted by molar-refractivity contribution is 7.99. The molecule has 6 heteroatoms. The molecule has 3 aromatic carbocycles.